The number of hydrogen-bond acceptors (Lipinski definition) is 2. The molecule has 0 bridgehead atoms. The summed E-state index contributed by atoms with van der Waals surface area (Å²) >= 11 is 0. The quantitative estimate of drug-likeness (QED) is 0.775. The van der Waals surface area contributed by atoms with Gasteiger partial charge in [0.25, 0.3) is 0 Å². The third-order valence-electron chi connectivity index (χ3n) is 3.97. The molecule has 23 heavy (non-hydrogen) atoms. The summed E-state index contributed by atoms with van der Waals surface area (Å²) in [5.74, 6) is -1.71. The van der Waals surface area contributed by atoms with Gasteiger partial charge in [-0.3, -0.25) is 4.79 Å². The molecule has 0 spiro atoms. The molecule has 1 aliphatic rings. The number of carbonyl (C=O) groups is 1. The van der Waals surface area contributed by atoms with E-state index in [4.69, 9.17) is 4.74 Å². The molecule has 0 aliphatic heterocycles. The van der Waals surface area contributed by atoms with E-state index in [1.807, 2.05) is 30.3 Å². The van der Waals surface area contributed by atoms with Crippen molar-refractivity contribution in [1.82, 2.24) is 0 Å². The summed E-state index contributed by atoms with van der Waals surface area (Å²) in [6.07, 6.45) is 2.10. The molecule has 0 N–H and O–H groups in total. The molecule has 2 nitrogen and oxygen atoms in total. The minimum absolute atomic E-state index is 0.246. The van der Waals surface area contributed by atoms with Crippen molar-refractivity contribution >= 4 is 11.5 Å². The zero-order valence-corrected chi connectivity index (χ0v) is 12.7. The van der Waals surface area contributed by atoms with E-state index < -0.39 is 23.0 Å². The minimum atomic E-state index is -0.962. The van der Waals surface area contributed by atoms with Crippen molar-refractivity contribution in [2.24, 2.45) is 5.41 Å². The van der Waals surface area contributed by atoms with Gasteiger partial charge >= 0.3 is 5.97 Å². The monoisotopic (exact) mass is 314 g/mol. The Kier molecular flexibility index (Phi) is 3.99. The average Bonchev–Trinajstić information content (AvgIpc) is 3.23. The summed E-state index contributed by atoms with van der Waals surface area (Å²) in [6.45, 7) is 1.98. The van der Waals surface area contributed by atoms with Crippen LogP contribution < -0.4 is 0 Å². The van der Waals surface area contributed by atoms with Gasteiger partial charge in [0.2, 0.25) is 0 Å². The molecular formula is C19H16F2O2. The lowest BCUT2D eigenvalue weighted by atomic mass is 9.88. The zero-order chi connectivity index (χ0) is 16.4. The second-order valence-electron chi connectivity index (χ2n) is 5.54. The van der Waals surface area contributed by atoms with E-state index in [-0.39, 0.29) is 12.2 Å². The van der Waals surface area contributed by atoms with Gasteiger partial charge in [0.15, 0.2) is 0 Å². The molecular weight excluding hydrogens is 298 g/mol. The maximum atomic E-state index is 14.0. The average molecular weight is 314 g/mol. The Bertz CT molecular complexity index is 768. The van der Waals surface area contributed by atoms with Crippen LogP contribution in [0.1, 0.15) is 18.1 Å². The fourth-order valence-corrected chi connectivity index (χ4v) is 2.80. The molecule has 0 saturated heterocycles. The highest BCUT2D eigenvalue weighted by Crippen LogP contribution is 2.54. The number of benzene rings is 2. The number of esters is 1. The van der Waals surface area contributed by atoms with Crippen LogP contribution in [0.3, 0.4) is 0 Å². The summed E-state index contributed by atoms with van der Waals surface area (Å²) in [4.78, 5) is 12.4. The Labute approximate surface area is 133 Å². The Hall–Kier alpha value is -2.49. The Morgan fingerprint density at radius 1 is 1.13 bits per heavy atom. The van der Waals surface area contributed by atoms with E-state index in [0.29, 0.717) is 12.0 Å². The summed E-state index contributed by atoms with van der Waals surface area (Å²) < 4.78 is 32.3. The van der Waals surface area contributed by atoms with Gasteiger partial charge in [-0.05, 0) is 36.6 Å². The highest BCUT2D eigenvalue weighted by molar-refractivity contribution is 6.06. The molecule has 2 aromatic rings. The SMILES string of the molecule is CCOC(=O)C1(Cc2ccccc2)C=C1c1ccc(F)cc1F. The van der Waals surface area contributed by atoms with Gasteiger partial charge < -0.3 is 4.74 Å². The van der Waals surface area contributed by atoms with Crippen LogP contribution >= 0.6 is 0 Å². The molecule has 118 valence electrons. The highest BCUT2D eigenvalue weighted by Gasteiger charge is 2.53. The van der Waals surface area contributed by atoms with Crippen molar-refractivity contribution in [3.05, 3.63) is 77.4 Å². The van der Waals surface area contributed by atoms with E-state index in [1.165, 1.54) is 12.1 Å². The maximum Gasteiger partial charge on any atom is 0.320 e. The van der Waals surface area contributed by atoms with E-state index in [9.17, 15) is 13.6 Å². The standard InChI is InChI=1S/C19H16F2O2/c1-2-23-18(22)19(11-13-6-4-3-5-7-13)12-16(19)15-9-8-14(20)10-17(15)21/h3-10,12H,2,11H2,1H3. The van der Waals surface area contributed by atoms with Crippen LogP contribution in [0, 0.1) is 17.0 Å². The van der Waals surface area contributed by atoms with Gasteiger partial charge in [0, 0.05) is 11.6 Å². The fraction of sp³-hybridized carbons (Fsp3) is 0.211. The summed E-state index contributed by atoms with van der Waals surface area (Å²) in [5, 5.41) is 0. The van der Waals surface area contributed by atoms with Crippen molar-refractivity contribution in [1.29, 1.82) is 0 Å². The topological polar surface area (TPSA) is 26.3 Å². The normalized spacial score (nSPS) is 19.2. The number of ether oxygens (including phenoxy) is 1. The Morgan fingerprint density at radius 2 is 1.87 bits per heavy atom. The van der Waals surface area contributed by atoms with Crippen molar-refractivity contribution in [3.8, 4) is 0 Å². The van der Waals surface area contributed by atoms with Crippen LogP contribution in [0.25, 0.3) is 5.57 Å². The minimum Gasteiger partial charge on any atom is -0.465 e. The lowest BCUT2D eigenvalue weighted by Crippen LogP contribution is -2.25. The molecule has 2 aromatic carbocycles. The van der Waals surface area contributed by atoms with Gasteiger partial charge in [0.1, 0.15) is 17.0 Å². The second-order valence-corrected chi connectivity index (χ2v) is 5.54. The first kappa shape index (κ1) is 15.4. The largest absolute Gasteiger partial charge is 0.465 e. The van der Waals surface area contributed by atoms with Crippen molar-refractivity contribution in [2.45, 2.75) is 13.3 Å². The van der Waals surface area contributed by atoms with E-state index in [2.05, 4.69) is 0 Å². The summed E-state index contributed by atoms with van der Waals surface area (Å²) in [6, 6.07) is 12.9. The molecule has 1 atom stereocenters. The molecule has 0 saturated carbocycles. The van der Waals surface area contributed by atoms with Gasteiger partial charge in [-0.2, -0.15) is 0 Å². The van der Waals surface area contributed by atoms with Crippen LogP contribution in [0.5, 0.6) is 0 Å². The Balaban J connectivity index is 1.92. The van der Waals surface area contributed by atoms with E-state index in [0.717, 1.165) is 11.6 Å². The first-order valence-electron chi connectivity index (χ1n) is 7.47. The van der Waals surface area contributed by atoms with Gasteiger partial charge in [-0.1, -0.05) is 36.4 Å². The fourth-order valence-electron chi connectivity index (χ4n) is 2.80. The van der Waals surface area contributed by atoms with E-state index in [1.54, 1.807) is 13.0 Å². The van der Waals surface area contributed by atoms with Crippen LogP contribution in [0.2, 0.25) is 0 Å². The molecule has 1 aliphatic carbocycles. The van der Waals surface area contributed by atoms with Crippen LogP contribution in [0.15, 0.2) is 54.6 Å². The van der Waals surface area contributed by atoms with Crippen molar-refractivity contribution in [2.75, 3.05) is 6.61 Å². The lowest BCUT2D eigenvalue weighted by molar-refractivity contribution is -0.148. The van der Waals surface area contributed by atoms with E-state index >= 15 is 0 Å². The zero-order valence-electron chi connectivity index (χ0n) is 12.7. The molecule has 0 aromatic heterocycles. The van der Waals surface area contributed by atoms with Crippen molar-refractivity contribution < 1.29 is 18.3 Å². The first-order chi connectivity index (χ1) is 11.1. The molecule has 0 heterocycles. The predicted molar refractivity (Wildman–Crippen MR) is 83.5 cm³/mol. The number of carbonyl (C=O) groups excluding carboxylic acids is 1. The van der Waals surface area contributed by atoms with Gasteiger partial charge in [-0.15, -0.1) is 0 Å². The van der Waals surface area contributed by atoms with Gasteiger partial charge in [-0.25, -0.2) is 8.78 Å². The lowest BCUT2D eigenvalue weighted by Gasteiger charge is -2.17. The summed E-state index contributed by atoms with van der Waals surface area (Å²) in [5.41, 5.74) is 0.790. The smallest absolute Gasteiger partial charge is 0.320 e. The third-order valence-corrected chi connectivity index (χ3v) is 3.97. The van der Waals surface area contributed by atoms with Crippen LogP contribution in [-0.2, 0) is 16.0 Å². The molecule has 4 heteroatoms. The Morgan fingerprint density at radius 3 is 2.52 bits per heavy atom. The molecule has 0 fully saturated rings. The third kappa shape index (κ3) is 2.89. The second kappa shape index (κ2) is 5.95. The first-order valence-corrected chi connectivity index (χ1v) is 7.47. The highest BCUT2D eigenvalue weighted by atomic mass is 19.1. The van der Waals surface area contributed by atoms with Crippen molar-refractivity contribution in [3.63, 3.8) is 0 Å². The molecule has 0 radical (unpaired) electrons. The molecule has 1 unspecified atom stereocenters. The molecule has 0 amide bonds. The number of rotatable bonds is 5. The van der Waals surface area contributed by atoms with Crippen LogP contribution in [-0.4, -0.2) is 12.6 Å². The van der Waals surface area contributed by atoms with Crippen LogP contribution in [0.4, 0.5) is 8.78 Å². The molecule has 3 rings (SSSR count). The number of halogens is 2. The summed E-state index contributed by atoms with van der Waals surface area (Å²) in [7, 11) is 0. The maximum absolute atomic E-state index is 14.0. The predicted octanol–water partition coefficient (Wildman–Crippen LogP) is 4.15. The van der Waals surface area contributed by atoms with Gasteiger partial charge in [0.05, 0.1) is 6.61 Å². The number of hydrogen-bond donors (Lipinski definition) is 0.